The van der Waals surface area contributed by atoms with Crippen LogP contribution in [0, 0.1) is 13.8 Å². The van der Waals surface area contributed by atoms with Crippen LogP contribution >= 0.6 is 12.2 Å². The Balaban J connectivity index is 2.44. The van der Waals surface area contributed by atoms with E-state index in [4.69, 9.17) is 18.0 Å². The highest BCUT2D eigenvalue weighted by atomic mass is 32.1. The van der Waals surface area contributed by atoms with Crippen molar-refractivity contribution in [1.82, 2.24) is 9.97 Å². The molecule has 0 aliphatic rings. The third kappa shape index (κ3) is 2.46. The lowest BCUT2D eigenvalue weighted by atomic mass is 10.1. The molecule has 0 atom stereocenters. The van der Waals surface area contributed by atoms with Gasteiger partial charge in [-0.25, -0.2) is 4.98 Å². The summed E-state index contributed by atoms with van der Waals surface area (Å²) < 4.78 is 0. The molecule has 0 spiro atoms. The van der Waals surface area contributed by atoms with Crippen LogP contribution in [-0.2, 0) is 0 Å². The fourth-order valence-corrected chi connectivity index (χ4v) is 1.94. The van der Waals surface area contributed by atoms with Crippen molar-refractivity contribution in [1.29, 1.82) is 0 Å². The van der Waals surface area contributed by atoms with Gasteiger partial charge in [0.15, 0.2) is 0 Å². The highest BCUT2D eigenvalue weighted by Gasteiger charge is 2.10. The Kier molecular flexibility index (Phi) is 3.53. The number of nitrogens with zero attached hydrogens (tertiary/aromatic N) is 2. The van der Waals surface area contributed by atoms with Crippen LogP contribution in [-0.4, -0.2) is 15.0 Å². The molecule has 0 bridgehead atoms. The number of anilines is 2. The maximum Gasteiger partial charge on any atom is 0.140 e. The Morgan fingerprint density at radius 1 is 1.22 bits per heavy atom. The number of thiocarbonyl (C=S) groups is 1. The second-order valence-electron chi connectivity index (χ2n) is 4.03. The Labute approximate surface area is 111 Å². The van der Waals surface area contributed by atoms with E-state index >= 15 is 0 Å². The first-order valence-electron chi connectivity index (χ1n) is 5.52. The average molecular weight is 258 g/mol. The molecule has 0 unspecified atom stereocenters. The van der Waals surface area contributed by atoms with Crippen LogP contribution in [0.5, 0.6) is 0 Å². The van der Waals surface area contributed by atoms with E-state index in [1.807, 2.05) is 26.0 Å². The third-order valence-electron chi connectivity index (χ3n) is 2.70. The van der Waals surface area contributed by atoms with Gasteiger partial charge in [-0.15, -0.1) is 0 Å². The number of aromatic nitrogens is 2. The maximum atomic E-state index is 5.74. The van der Waals surface area contributed by atoms with Crippen LogP contribution in [0.3, 0.4) is 0 Å². The summed E-state index contributed by atoms with van der Waals surface area (Å²) in [5, 5.41) is 3.22. The van der Waals surface area contributed by atoms with Gasteiger partial charge in [-0.1, -0.05) is 12.2 Å². The van der Waals surface area contributed by atoms with Crippen molar-refractivity contribution in [3.8, 4) is 0 Å². The lowest BCUT2D eigenvalue weighted by Crippen LogP contribution is -2.15. The Morgan fingerprint density at radius 3 is 2.61 bits per heavy atom. The number of pyridine rings is 2. The molecule has 2 aromatic rings. The summed E-state index contributed by atoms with van der Waals surface area (Å²) in [5.41, 5.74) is 9.50. The Hall–Kier alpha value is -2.01. The number of nitrogens with two attached hydrogens (primary N) is 1. The van der Waals surface area contributed by atoms with Crippen LogP contribution in [0.15, 0.2) is 30.7 Å². The standard InChI is InChI=1S/C13H14N4S/c1-8-3-5-15-7-10(8)17-13-11(12(14)18)9(2)4-6-16-13/h3-7H,1-2H3,(H2,14,18)(H,16,17). The summed E-state index contributed by atoms with van der Waals surface area (Å²) in [5.74, 6) is 0.665. The summed E-state index contributed by atoms with van der Waals surface area (Å²) >= 11 is 5.07. The molecule has 0 amide bonds. The molecule has 92 valence electrons. The van der Waals surface area contributed by atoms with Gasteiger partial charge in [-0.2, -0.15) is 0 Å². The number of hydrogen-bond acceptors (Lipinski definition) is 4. The lowest BCUT2D eigenvalue weighted by molar-refractivity contribution is 1.23. The molecule has 18 heavy (non-hydrogen) atoms. The summed E-state index contributed by atoms with van der Waals surface area (Å²) in [6, 6.07) is 3.81. The third-order valence-corrected chi connectivity index (χ3v) is 2.90. The molecular weight excluding hydrogens is 244 g/mol. The lowest BCUT2D eigenvalue weighted by Gasteiger charge is -2.13. The van der Waals surface area contributed by atoms with Crippen molar-refractivity contribution in [3.05, 3.63) is 47.4 Å². The molecule has 0 aliphatic heterocycles. The largest absolute Gasteiger partial charge is 0.389 e. The van der Waals surface area contributed by atoms with E-state index in [0.717, 1.165) is 22.4 Å². The van der Waals surface area contributed by atoms with Gasteiger partial charge in [0.25, 0.3) is 0 Å². The van der Waals surface area contributed by atoms with Crippen LogP contribution in [0.2, 0.25) is 0 Å². The van der Waals surface area contributed by atoms with E-state index in [-0.39, 0.29) is 0 Å². The van der Waals surface area contributed by atoms with E-state index in [9.17, 15) is 0 Å². The number of aryl methyl sites for hydroxylation is 2. The van der Waals surface area contributed by atoms with Gasteiger partial charge in [0, 0.05) is 12.4 Å². The maximum absolute atomic E-state index is 5.74. The first kappa shape index (κ1) is 12.4. The fourth-order valence-electron chi connectivity index (χ4n) is 1.69. The monoisotopic (exact) mass is 258 g/mol. The quantitative estimate of drug-likeness (QED) is 0.828. The predicted octanol–water partition coefficient (Wildman–Crippen LogP) is 2.47. The van der Waals surface area contributed by atoms with Gasteiger partial charge in [-0.05, 0) is 37.1 Å². The highest BCUT2D eigenvalue weighted by molar-refractivity contribution is 7.80. The summed E-state index contributed by atoms with van der Waals surface area (Å²) in [4.78, 5) is 8.71. The van der Waals surface area contributed by atoms with E-state index in [0.29, 0.717) is 10.8 Å². The smallest absolute Gasteiger partial charge is 0.140 e. The molecule has 0 saturated carbocycles. The zero-order chi connectivity index (χ0) is 13.1. The first-order chi connectivity index (χ1) is 8.59. The van der Waals surface area contributed by atoms with Crippen molar-refractivity contribution in [2.75, 3.05) is 5.32 Å². The van der Waals surface area contributed by atoms with E-state index < -0.39 is 0 Å². The van der Waals surface area contributed by atoms with Crippen LogP contribution in [0.4, 0.5) is 11.5 Å². The Bertz CT molecular complexity index is 595. The molecule has 4 nitrogen and oxygen atoms in total. The summed E-state index contributed by atoms with van der Waals surface area (Å²) in [6.45, 7) is 3.96. The molecule has 0 aliphatic carbocycles. The summed E-state index contributed by atoms with van der Waals surface area (Å²) in [6.07, 6.45) is 5.23. The number of nitrogens with one attached hydrogen (secondary N) is 1. The van der Waals surface area contributed by atoms with Crippen LogP contribution in [0.1, 0.15) is 16.7 Å². The van der Waals surface area contributed by atoms with Gasteiger partial charge in [-0.3, -0.25) is 4.98 Å². The second kappa shape index (κ2) is 5.10. The topological polar surface area (TPSA) is 63.8 Å². The van der Waals surface area contributed by atoms with Gasteiger partial charge in [0.1, 0.15) is 10.8 Å². The Morgan fingerprint density at radius 2 is 1.94 bits per heavy atom. The van der Waals surface area contributed by atoms with Gasteiger partial charge in [0.2, 0.25) is 0 Å². The van der Waals surface area contributed by atoms with Crippen molar-refractivity contribution < 1.29 is 0 Å². The zero-order valence-electron chi connectivity index (χ0n) is 10.3. The molecule has 3 N–H and O–H groups in total. The summed E-state index contributed by atoms with van der Waals surface area (Å²) in [7, 11) is 0. The molecule has 2 aromatic heterocycles. The molecule has 0 radical (unpaired) electrons. The van der Waals surface area contributed by atoms with Crippen molar-refractivity contribution in [2.45, 2.75) is 13.8 Å². The number of hydrogen-bond donors (Lipinski definition) is 2. The minimum absolute atomic E-state index is 0.338. The number of rotatable bonds is 3. The average Bonchev–Trinajstić information content (AvgIpc) is 2.31. The van der Waals surface area contributed by atoms with Gasteiger partial charge >= 0.3 is 0 Å². The normalized spacial score (nSPS) is 10.1. The SMILES string of the molecule is Cc1ccncc1Nc1nccc(C)c1C(N)=S. The predicted molar refractivity (Wildman–Crippen MR) is 77.1 cm³/mol. The molecule has 0 aromatic carbocycles. The van der Waals surface area contributed by atoms with E-state index in [1.165, 1.54) is 0 Å². The minimum atomic E-state index is 0.338. The fraction of sp³-hybridized carbons (Fsp3) is 0.154. The molecule has 0 fully saturated rings. The molecule has 5 heteroatoms. The molecule has 0 saturated heterocycles. The van der Waals surface area contributed by atoms with Crippen molar-refractivity contribution in [2.24, 2.45) is 5.73 Å². The van der Waals surface area contributed by atoms with Gasteiger partial charge < -0.3 is 11.1 Å². The van der Waals surface area contributed by atoms with Gasteiger partial charge in [0.05, 0.1) is 17.4 Å². The first-order valence-corrected chi connectivity index (χ1v) is 5.93. The van der Waals surface area contributed by atoms with E-state index in [1.54, 1.807) is 18.6 Å². The van der Waals surface area contributed by atoms with Crippen molar-refractivity contribution in [3.63, 3.8) is 0 Å². The van der Waals surface area contributed by atoms with E-state index in [2.05, 4.69) is 15.3 Å². The second-order valence-corrected chi connectivity index (χ2v) is 4.47. The molecular formula is C13H14N4S. The minimum Gasteiger partial charge on any atom is -0.389 e. The van der Waals surface area contributed by atoms with Crippen LogP contribution < -0.4 is 11.1 Å². The van der Waals surface area contributed by atoms with Crippen molar-refractivity contribution >= 4 is 28.7 Å². The molecule has 2 rings (SSSR count). The molecule has 2 heterocycles. The van der Waals surface area contributed by atoms with Crippen LogP contribution in [0.25, 0.3) is 0 Å². The highest BCUT2D eigenvalue weighted by Crippen LogP contribution is 2.22. The zero-order valence-corrected chi connectivity index (χ0v) is 11.1.